The monoisotopic (exact) mass is 426 g/mol. The maximum Gasteiger partial charge on any atom is 0.340 e. The number of nitrogens with one attached hydrogen (secondary N) is 1. The lowest BCUT2D eigenvalue weighted by atomic mass is 10.2. The molecule has 0 saturated carbocycles. The fourth-order valence-corrected chi connectivity index (χ4v) is 3.23. The number of nitro groups is 1. The van der Waals surface area contributed by atoms with Crippen molar-refractivity contribution in [2.45, 2.75) is 32.6 Å². The minimum absolute atomic E-state index is 0.00638. The van der Waals surface area contributed by atoms with E-state index in [1.54, 1.807) is 19.1 Å². The number of aryl methyl sites for hydroxylation is 1. The average molecular weight is 426 g/mol. The zero-order valence-electron chi connectivity index (χ0n) is 16.9. The van der Waals surface area contributed by atoms with E-state index in [1.807, 2.05) is 18.2 Å². The first kappa shape index (κ1) is 20.7. The normalized spacial score (nSPS) is 15.8. The molecule has 3 aromatic heterocycles. The number of pyridine rings is 1. The van der Waals surface area contributed by atoms with Crippen LogP contribution in [0.25, 0.3) is 11.5 Å². The summed E-state index contributed by atoms with van der Waals surface area (Å²) in [7, 11) is 0. The molecule has 0 spiro atoms. The Balaban J connectivity index is 1.52. The van der Waals surface area contributed by atoms with Gasteiger partial charge >= 0.3 is 5.69 Å². The van der Waals surface area contributed by atoms with Crippen molar-refractivity contribution in [1.29, 1.82) is 0 Å². The van der Waals surface area contributed by atoms with Crippen molar-refractivity contribution in [3.8, 4) is 11.5 Å². The van der Waals surface area contributed by atoms with E-state index >= 15 is 0 Å². The third-order valence-electron chi connectivity index (χ3n) is 4.71. The molecule has 162 valence electrons. The van der Waals surface area contributed by atoms with Crippen LogP contribution >= 0.6 is 0 Å². The largest absolute Gasteiger partial charge is 0.459 e. The fourth-order valence-electron chi connectivity index (χ4n) is 3.23. The summed E-state index contributed by atoms with van der Waals surface area (Å²) in [5.41, 5.74) is 6.93. The molecule has 4 heterocycles. The highest BCUT2D eigenvalue weighted by molar-refractivity contribution is 5.75. The molecule has 31 heavy (non-hydrogen) atoms. The number of ether oxygens (including phenoxy) is 2. The zero-order valence-corrected chi connectivity index (χ0v) is 16.9. The van der Waals surface area contributed by atoms with Crippen molar-refractivity contribution >= 4 is 17.5 Å². The smallest absolute Gasteiger partial charge is 0.340 e. The van der Waals surface area contributed by atoms with Crippen molar-refractivity contribution in [3.63, 3.8) is 0 Å². The molecule has 1 aliphatic heterocycles. The maximum atomic E-state index is 11.8. The molecule has 1 atom stereocenters. The SMILES string of the molecule is Cc1ccc(-c2nc(N)nc(NCc3cccc(CO[C@H]4CCOC4)n3)c2[N+](=O)[O-])o1. The first-order chi connectivity index (χ1) is 15.0. The summed E-state index contributed by atoms with van der Waals surface area (Å²) in [6, 6.07) is 8.83. The standard InChI is InChI=1S/C20H22N6O5/c1-12-5-6-16(31-12)17-18(26(27)28)19(25-20(21)24-17)22-9-13-3-2-4-14(23-13)10-30-15-7-8-29-11-15/h2-6,15H,7-11H2,1H3,(H3,21,22,24,25)/t15-/m0/s1. The van der Waals surface area contributed by atoms with Gasteiger partial charge in [0.1, 0.15) is 5.76 Å². The Kier molecular flexibility index (Phi) is 6.05. The van der Waals surface area contributed by atoms with Crippen LogP contribution in [0.2, 0.25) is 0 Å². The van der Waals surface area contributed by atoms with E-state index in [0.29, 0.717) is 31.3 Å². The van der Waals surface area contributed by atoms with E-state index < -0.39 is 4.92 Å². The fraction of sp³-hybridized carbons (Fsp3) is 0.350. The first-order valence-corrected chi connectivity index (χ1v) is 9.76. The number of rotatable bonds is 8. The van der Waals surface area contributed by atoms with Crippen molar-refractivity contribution in [2.24, 2.45) is 0 Å². The number of nitrogens with zero attached hydrogens (tertiary/aromatic N) is 4. The molecule has 0 radical (unpaired) electrons. The van der Waals surface area contributed by atoms with Crippen LogP contribution in [-0.2, 0) is 22.6 Å². The highest BCUT2D eigenvalue weighted by Gasteiger charge is 2.27. The van der Waals surface area contributed by atoms with Crippen molar-refractivity contribution in [1.82, 2.24) is 15.0 Å². The Labute approximate surface area is 177 Å². The number of anilines is 2. The summed E-state index contributed by atoms with van der Waals surface area (Å²) >= 11 is 0. The van der Waals surface area contributed by atoms with Gasteiger partial charge in [-0.15, -0.1) is 0 Å². The van der Waals surface area contributed by atoms with Gasteiger partial charge in [0.2, 0.25) is 11.8 Å². The molecule has 1 fully saturated rings. The van der Waals surface area contributed by atoms with Gasteiger partial charge in [0.05, 0.1) is 42.2 Å². The van der Waals surface area contributed by atoms with E-state index in [2.05, 4.69) is 20.3 Å². The second-order valence-electron chi connectivity index (χ2n) is 7.07. The molecule has 4 rings (SSSR count). The van der Waals surface area contributed by atoms with Gasteiger partial charge in [0.15, 0.2) is 11.5 Å². The third kappa shape index (κ3) is 4.95. The van der Waals surface area contributed by atoms with E-state index in [4.69, 9.17) is 19.6 Å². The lowest BCUT2D eigenvalue weighted by molar-refractivity contribution is -0.383. The second kappa shape index (κ2) is 9.06. The van der Waals surface area contributed by atoms with Gasteiger partial charge in [0, 0.05) is 6.61 Å². The van der Waals surface area contributed by atoms with Crippen LogP contribution in [0.15, 0.2) is 34.7 Å². The average Bonchev–Trinajstić information content (AvgIpc) is 3.42. The molecule has 3 N–H and O–H groups in total. The molecule has 11 nitrogen and oxygen atoms in total. The number of hydrogen-bond acceptors (Lipinski definition) is 10. The Morgan fingerprint density at radius 2 is 2.10 bits per heavy atom. The lowest BCUT2D eigenvalue weighted by Gasteiger charge is -2.11. The van der Waals surface area contributed by atoms with Crippen LogP contribution in [0.4, 0.5) is 17.5 Å². The minimum Gasteiger partial charge on any atom is -0.459 e. The summed E-state index contributed by atoms with van der Waals surface area (Å²) in [5, 5.41) is 14.7. The van der Waals surface area contributed by atoms with Gasteiger partial charge in [-0.3, -0.25) is 15.1 Å². The molecule has 0 aromatic carbocycles. The predicted octanol–water partition coefficient (Wildman–Crippen LogP) is 2.85. The molecule has 0 aliphatic carbocycles. The lowest BCUT2D eigenvalue weighted by Crippen LogP contribution is -2.13. The number of aromatic nitrogens is 3. The number of nitrogen functional groups attached to an aromatic ring is 1. The van der Waals surface area contributed by atoms with Crippen molar-refractivity contribution in [2.75, 3.05) is 24.3 Å². The molecule has 0 amide bonds. The van der Waals surface area contributed by atoms with Gasteiger partial charge in [-0.25, -0.2) is 4.98 Å². The topological polar surface area (TPSA) is 151 Å². The van der Waals surface area contributed by atoms with Gasteiger partial charge in [-0.1, -0.05) is 6.07 Å². The van der Waals surface area contributed by atoms with Gasteiger partial charge in [-0.05, 0) is 37.6 Å². The molecule has 11 heteroatoms. The molecule has 3 aromatic rings. The van der Waals surface area contributed by atoms with Crippen LogP contribution in [0.3, 0.4) is 0 Å². The zero-order chi connectivity index (χ0) is 21.8. The number of nitrogens with two attached hydrogens (primary N) is 1. The van der Waals surface area contributed by atoms with E-state index in [9.17, 15) is 10.1 Å². The Hall–Kier alpha value is -3.57. The van der Waals surface area contributed by atoms with Crippen LogP contribution in [0.5, 0.6) is 0 Å². The second-order valence-corrected chi connectivity index (χ2v) is 7.07. The summed E-state index contributed by atoms with van der Waals surface area (Å²) in [4.78, 5) is 23.8. The quantitative estimate of drug-likeness (QED) is 0.406. The third-order valence-corrected chi connectivity index (χ3v) is 4.71. The predicted molar refractivity (Wildman–Crippen MR) is 111 cm³/mol. The van der Waals surface area contributed by atoms with Crippen LogP contribution in [-0.4, -0.2) is 39.2 Å². The highest BCUT2D eigenvalue weighted by atomic mass is 16.6. The van der Waals surface area contributed by atoms with Gasteiger partial charge < -0.3 is 24.9 Å². The number of hydrogen-bond donors (Lipinski definition) is 2. The summed E-state index contributed by atoms with van der Waals surface area (Å²) in [6.07, 6.45) is 0.955. The first-order valence-electron chi connectivity index (χ1n) is 9.76. The van der Waals surface area contributed by atoms with E-state index in [1.165, 1.54) is 0 Å². The Morgan fingerprint density at radius 1 is 1.26 bits per heavy atom. The molecule has 1 aliphatic rings. The highest BCUT2D eigenvalue weighted by Crippen LogP contribution is 2.35. The molecule has 1 saturated heterocycles. The minimum atomic E-state index is -0.559. The number of furan rings is 1. The summed E-state index contributed by atoms with van der Waals surface area (Å²) in [5.74, 6) is 0.733. The van der Waals surface area contributed by atoms with E-state index in [-0.39, 0.29) is 41.6 Å². The summed E-state index contributed by atoms with van der Waals surface area (Å²) < 4.78 is 16.6. The molecule has 0 bridgehead atoms. The van der Waals surface area contributed by atoms with Gasteiger partial charge in [-0.2, -0.15) is 4.98 Å². The Bertz CT molecular complexity index is 1080. The maximum absolute atomic E-state index is 11.8. The van der Waals surface area contributed by atoms with Crippen molar-refractivity contribution in [3.05, 3.63) is 57.6 Å². The van der Waals surface area contributed by atoms with Gasteiger partial charge in [0.25, 0.3) is 0 Å². The van der Waals surface area contributed by atoms with Crippen LogP contribution < -0.4 is 11.1 Å². The molecular formula is C20H22N6O5. The van der Waals surface area contributed by atoms with Crippen LogP contribution in [0.1, 0.15) is 23.6 Å². The summed E-state index contributed by atoms with van der Waals surface area (Å²) in [6.45, 7) is 3.61. The Morgan fingerprint density at radius 3 is 2.81 bits per heavy atom. The van der Waals surface area contributed by atoms with E-state index in [0.717, 1.165) is 12.1 Å². The molecule has 0 unspecified atom stereocenters. The van der Waals surface area contributed by atoms with Crippen LogP contribution in [0, 0.1) is 17.0 Å². The van der Waals surface area contributed by atoms with Crippen molar-refractivity contribution < 1.29 is 18.8 Å². The molecular weight excluding hydrogens is 404 g/mol.